The lowest BCUT2D eigenvalue weighted by molar-refractivity contribution is -0.155. The van der Waals surface area contributed by atoms with Crippen LogP contribution in [0.15, 0.2) is 0 Å². The number of amides is 2. The monoisotopic (exact) mass is 328 g/mol. The number of carbonyl (C=O) groups excluding carboxylic acids is 3. The van der Waals surface area contributed by atoms with Gasteiger partial charge < -0.3 is 15.0 Å². The third-order valence-electron chi connectivity index (χ3n) is 4.28. The molecule has 0 radical (unpaired) electrons. The minimum atomic E-state index is -0.827. The summed E-state index contributed by atoms with van der Waals surface area (Å²) in [5.41, 5.74) is 0. The average molecular weight is 328 g/mol. The molecule has 2 fully saturated rings. The Labute approximate surface area is 135 Å². The first-order valence-electron chi connectivity index (χ1n) is 7.89. The first-order valence-corrected chi connectivity index (χ1v) is 8.87. The summed E-state index contributed by atoms with van der Waals surface area (Å²) in [6, 6.07) is 0.166. The van der Waals surface area contributed by atoms with Crippen LogP contribution in [0, 0.1) is 5.92 Å². The normalized spacial score (nSPS) is 26.6. The van der Waals surface area contributed by atoms with Gasteiger partial charge in [0.2, 0.25) is 0 Å². The van der Waals surface area contributed by atoms with Crippen LogP contribution < -0.4 is 5.32 Å². The van der Waals surface area contributed by atoms with E-state index in [2.05, 4.69) is 12.2 Å². The summed E-state index contributed by atoms with van der Waals surface area (Å²) in [7, 11) is 0. The molecule has 1 N–H and O–H groups in total. The molecule has 7 heteroatoms. The third-order valence-corrected chi connectivity index (χ3v) is 5.17. The molecule has 1 heterocycles. The fourth-order valence-corrected chi connectivity index (χ4v) is 3.67. The second kappa shape index (κ2) is 7.85. The second-order valence-corrected chi connectivity index (χ2v) is 7.09. The maximum Gasteiger partial charge on any atom is 0.326 e. The zero-order valence-corrected chi connectivity index (χ0v) is 14.0. The topological polar surface area (TPSA) is 75.7 Å². The average Bonchev–Trinajstić information content (AvgIpc) is 2.86. The molecule has 0 aromatic rings. The number of esters is 1. The van der Waals surface area contributed by atoms with E-state index in [1.54, 1.807) is 6.92 Å². The Bertz CT molecular complexity index is 443. The van der Waals surface area contributed by atoms with Gasteiger partial charge in [0.05, 0.1) is 0 Å². The molecule has 6 nitrogen and oxygen atoms in total. The predicted octanol–water partition coefficient (Wildman–Crippen LogP) is 1.78. The van der Waals surface area contributed by atoms with Crippen molar-refractivity contribution in [3.8, 4) is 0 Å². The Kier molecular flexibility index (Phi) is 6.11. The van der Waals surface area contributed by atoms with Crippen molar-refractivity contribution < 1.29 is 19.1 Å². The van der Waals surface area contributed by atoms with Crippen molar-refractivity contribution in [3.05, 3.63) is 0 Å². The van der Waals surface area contributed by atoms with Gasteiger partial charge in [-0.05, 0) is 25.7 Å². The molecular formula is C15H24N2O4S. The second-order valence-electron chi connectivity index (χ2n) is 6.04. The number of thioether (sulfide) groups is 1. The van der Waals surface area contributed by atoms with Crippen LogP contribution >= 0.6 is 11.8 Å². The van der Waals surface area contributed by atoms with Gasteiger partial charge in [0.15, 0.2) is 6.10 Å². The Morgan fingerprint density at radius 3 is 2.77 bits per heavy atom. The molecular weight excluding hydrogens is 304 g/mol. The molecule has 0 bridgehead atoms. The zero-order valence-electron chi connectivity index (χ0n) is 13.2. The molecule has 2 aliphatic rings. The van der Waals surface area contributed by atoms with E-state index in [9.17, 15) is 14.4 Å². The fraction of sp³-hybridized carbons (Fsp3) is 0.800. The van der Waals surface area contributed by atoms with Gasteiger partial charge in [0, 0.05) is 18.3 Å². The molecule has 1 aliphatic heterocycles. The highest BCUT2D eigenvalue weighted by Crippen LogP contribution is 2.23. The van der Waals surface area contributed by atoms with Crippen molar-refractivity contribution in [1.29, 1.82) is 0 Å². The van der Waals surface area contributed by atoms with Gasteiger partial charge in [-0.15, -0.1) is 0 Å². The lowest BCUT2D eigenvalue weighted by Crippen LogP contribution is -2.46. The van der Waals surface area contributed by atoms with Crippen molar-refractivity contribution in [2.75, 3.05) is 18.8 Å². The first-order chi connectivity index (χ1) is 10.5. The van der Waals surface area contributed by atoms with Gasteiger partial charge in [-0.25, -0.2) is 0 Å². The van der Waals surface area contributed by atoms with E-state index in [1.807, 2.05) is 0 Å². The number of hydrogen-bond acceptors (Lipinski definition) is 5. The van der Waals surface area contributed by atoms with Gasteiger partial charge in [0.25, 0.3) is 11.1 Å². The molecule has 1 saturated heterocycles. The van der Waals surface area contributed by atoms with E-state index in [0.717, 1.165) is 19.3 Å². The molecule has 124 valence electrons. The van der Waals surface area contributed by atoms with E-state index < -0.39 is 12.1 Å². The largest absolute Gasteiger partial charge is 0.451 e. The van der Waals surface area contributed by atoms with E-state index in [1.165, 1.54) is 23.1 Å². The molecule has 1 aliphatic carbocycles. The molecule has 0 unspecified atom stereocenters. The van der Waals surface area contributed by atoms with Crippen molar-refractivity contribution >= 4 is 28.9 Å². The number of hydrogen-bond donors (Lipinski definition) is 1. The van der Waals surface area contributed by atoms with Gasteiger partial charge >= 0.3 is 5.97 Å². The maximum absolute atomic E-state index is 12.1. The SMILES string of the molecule is C[C@@H](OC(=O)CN1CCSC1=O)C(=O)N[C@H]1CCCC[C@@H]1C. The summed E-state index contributed by atoms with van der Waals surface area (Å²) in [4.78, 5) is 36.8. The van der Waals surface area contributed by atoms with Crippen molar-refractivity contribution in [2.24, 2.45) is 5.92 Å². The third kappa shape index (κ3) is 4.63. The predicted molar refractivity (Wildman–Crippen MR) is 84.5 cm³/mol. The van der Waals surface area contributed by atoms with Crippen LogP contribution in [0.4, 0.5) is 4.79 Å². The van der Waals surface area contributed by atoms with Gasteiger partial charge in [0.1, 0.15) is 6.54 Å². The Hall–Kier alpha value is -1.24. The number of rotatable bonds is 5. The number of nitrogens with zero attached hydrogens (tertiary/aromatic N) is 1. The summed E-state index contributed by atoms with van der Waals surface area (Å²) in [6.07, 6.45) is 3.60. The van der Waals surface area contributed by atoms with Crippen LogP contribution in [0.5, 0.6) is 0 Å². The van der Waals surface area contributed by atoms with Crippen LogP contribution in [0.25, 0.3) is 0 Å². The lowest BCUT2D eigenvalue weighted by atomic mass is 9.86. The lowest BCUT2D eigenvalue weighted by Gasteiger charge is -2.30. The molecule has 0 aromatic carbocycles. The minimum Gasteiger partial charge on any atom is -0.451 e. The Morgan fingerprint density at radius 1 is 1.41 bits per heavy atom. The van der Waals surface area contributed by atoms with Crippen LogP contribution in [0.2, 0.25) is 0 Å². The first kappa shape index (κ1) is 17.1. The van der Waals surface area contributed by atoms with E-state index in [0.29, 0.717) is 18.2 Å². The maximum atomic E-state index is 12.1. The highest BCUT2D eigenvalue weighted by Gasteiger charge is 2.28. The van der Waals surface area contributed by atoms with Crippen molar-refractivity contribution in [3.63, 3.8) is 0 Å². The van der Waals surface area contributed by atoms with E-state index >= 15 is 0 Å². The minimum absolute atomic E-state index is 0.0801. The van der Waals surface area contributed by atoms with Crippen molar-refractivity contribution in [1.82, 2.24) is 10.2 Å². The van der Waals surface area contributed by atoms with Crippen LogP contribution in [-0.4, -0.2) is 53.0 Å². The van der Waals surface area contributed by atoms with Gasteiger partial charge in [-0.2, -0.15) is 0 Å². The van der Waals surface area contributed by atoms with E-state index in [-0.39, 0.29) is 23.7 Å². The molecule has 3 atom stereocenters. The highest BCUT2D eigenvalue weighted by atomic mass is 32.2. The van der Waals surface area contributed by atoms with Gasteiger partial charge in [-0.3, -0.25) is 14.4 Å². The number of ether oxygens (including phenoxy) is 1. The molecule has 0 aromatic heterocycles. The summed E-state index contributed by atoms with van der Waals surface area (Å²) in [5.74, 6) is 0.367. The highest BCUT2D eigenvalue weighted by molar-refractivity contribution is 8.13. The van der Waals surface area contributed by atoms with Gasteiger partial charge in [-0.1, -0.05) is 31.5 Å². The smallest absolute Gasteiger partial charge is 0.326 e. The number of nitrogens with one attached hydrogen (secondary N) is 1. The summed E-state index contributed by atoms with van der Waals surface area (Å²) in [6.45, 7) is 4.18. The summed E-state index contributed by atoms with van der Waals surface area (Å²) in [5, 5.41) is 2.87. The summed E-state index contributed by atoms with van der Waals surface area (Å²) < 4.78 is 5.15. The van der Waals surface area contributed by atoms with Crippen LogP contribution in [-0.2, 0) is 14.3 Å². The zero-order chi connectivity index (χ0) is 16.1. The quantitative estimate of drug-likeness (QED) is 0.779. The van der Waals surface area contributed by atoms with E-state index in [4.69, 9.17) is 4.74 Å². The molecule has 22 heavy (non-hydrogen) atoms. The standard InChI is InChI=1S/C15H24N2O4S/c1-10-5-3-4-6-12(10)16-14(19)11(2)21-13(18)9-17-7-8-22-15(17)20/h10-12H,3-9H2,1-2H3,(H,16,19)/t10-,11+,12-/m0/s1. The fourth-order valence-electron chi connectivity index (χ4n) is 2.84. The van der Waals surface area contributed by atoms with Crippen molar-refractivity contribution in [2.45, 2.75) is 51.7 Å². The molecule has 1 saturated carbocycles. The molecule has 2 amide bonds. The van der Waals surface area contributed by atoms with Crippen LogP contribution in [0.3, 0.4) is 0 Å². The Balaban J connectivity index is 1.75. The molecule has 2 rings (SSSR count). The Morgan fingerprint density at radius 2 is 2.14 bits per heavy atom. The summed E-state index contributed by atoms with van der Waals surface area (Å²) >= 11 is 1.20. The number of carbonyl (C=O) groups is 3. The van der Waals surface area contributed by atoms with Crippen LogP contribution in [0.1, 0.15) is 39.5 Å². The molecule has 0 spiro atoms.